The molecular formula is C20H18O7. The first-order valence-corrected chi connectivity index (χ1v) is 8.36. The Balaban J connectivity index is 1.89. The topological polar surface area (TPSA) is 120 Å². The lowest BCUT2D eigenvalue weighted by Gasteiger charge is -2.40. The fourth-order valence-corrected chi connectivity index (χ4v) is 3.35. The van der Waals surface area contributed by atoms with Gasteiger partial charge in [-0.1, -0.05) is 6.07 Å². The van der Waals surface area contributed by atoms with Crippen LogP contribution in [-0.4, -0.2) is 32.1 Å². The zero-order valence-electron chi connectivity index (χ0n) is 14.6. The number of aromatic hydroxyl groups is 2. The first kappa shape index (κ1) is 17.4. The summed E-state index contributed by atoms with van der Waals surface area (Å²) in [5, 5.41) is 40.2. The lowest BCUT2D eigenvalue weighted by molar-refractivity contribution is -0.111. The molecule has 7 nitrogen and oxygen atoms in total. The minimum absolute atomic E-state index is 0.0546. The first-order valence-electron chi connectivity index (χ1n) is 8.36. The third kappa shape index (κ3) is 2.63. The summed E-state index contributed by atoms with van der Waals surface area (Å²) in [4.78, 5) is 12.8. The highest BCUT2D eigenvalue weighted by atomic mass is 16.5. The molecule has 0 amide bonds. The van der Waals surface area contributed by atoms with Gasteiger partial charge in [-0.3, -0.25) is 4.79 Å². The number of aliphatic hydroxyl groups is 2. The Bertz CT molecular complexity index is 1110. The van der Waals surface area contributed by atoms with Crippen molar-refractivity contribution in [2.24, 2.45) is 0 Å². The average Bonchev–Trinajstić information content (AvgIpc) is 2.59. The summed E-state index contributed by atoms with van der Waals surface area (Å²) in [5.41, 5.74) is -0.428. The molecule has 2 unspecified atom stereocenters. The molecule has 4 rings (SSSR count). The van der Waals surface area contributed by atoms with E-state index >= 15 is 0 Å². The highest BCUT2D eigenvalue weighted by molar-refractivity contribution is 5.88. The number of hydrogen-bond donors (Lipinski definition) is 4. The fourth-order valence-electron chi connectivity index (χ4n) is 3.35. The highest BCUT2D eigenvalue weighted by Gasteiger charge is 2.42. The molecule has 27 heavy (non-hydrogen) atoms. The van der Waals surface area contributed by atoms with E-state index in [1.165, 1.54) is 12.3 Å². The van der Waals surface area contributed by atoms with E-state index in [0.717, 1.165) is 6.07 Å². The van der Waals surface area contributed by atoms with Gasteiger partial charge in [-0.15, -0.1) is 0 Å². The molecule has 0 saturated carbocycles. The number of phenols is 2. The molecule has 7 heteroatoms. The Morgan fingerprint density at radius 2 is 1.81 bits per heavy atom. The predicted octanol–water partition coefficient (Wildman–Crippen LogP) is 2.44. The maximum atomic E-state index is 12.8. The van der Waals surface area contributed by atoms with Crippen molar-refractivity contribution >= 4 is 11.0 Å². The van der Waals surface area contributed by atoms with Crippen LogP contribution in [0.1, 0.15) is 25.5 Å². The summed E-state index contributed by atoms with van der Waals surface area (Å²) in [6.07, 6.45) is -1.09. The van der Waals surface area contributed by atoms with Crippen LogP contribution in [-0.2, 0) is 0 Å². The molecule has 4 N–H and O–H groups in total. The van der Waals surface area contributed by atoms with Gasteiger partial charge in [-0.2, -0.15) is 0 Å². The van der Waals surface area contributed by atoms with Gasteiger partial charge in [0.1, 0.15) is 52.3 Å². The summed E-state index contributed by atoms with van der Waals surface area (Å²) in [6.45, 7) is 3.35. The molecular weight excluding hydrogens is 352 g/mol. The SMILES string of the molecule is CC1(C)Oc2ccc(-c3coc4cc(O)cc(O)c4c3=O)cc2C(O)C1O. The van der Waals surface area contributed by atoms with Crippen LogP contribution in [0.25, 0.3) is 22.1 Å². The van der Waals surface area contributed by atoms with Crippen molar-refractivity contribution < 1.29 is 29.6 Å². The van der Waals surface area contributed by atoms with Gasteiger partial charge in [0.25, 0.3) is 0 Å². The third-order valence-corrected chi connectivity index (χ3v) is 4.87. The molecule has 1 aliphatic rings. The summed E-state index contributed by atoms with van der Waals surface area (Å²) in [6, 6.07) is 7.10. The monoisotopic (exact) mass is 370 g/mol. The second kappa shape index (κ2) is 5.73. The molecule has 0 spiro atoms. The minimum Gasteiger partial charge on any atom is -0.508 e. The molecule has 2 heterocycles. The minimum atomic E-state index is -1.18. The van der Waals surface area contributed by atoms with Crippen LogP contribution in [0.4, 0.5) is 0 Å². The third-order valence-electron chi connectivity index (χ3n) is 4.87. The molecule has 0 radical (unpaired) electrons. The van der Waals surface area contributed by atoms with Crippen LogP contribution in [0.15, 0.2) is 45.8 Å². The van der Waals surface area contributed by atoms with E-state index in [1.807, 2.05) is 0 Å². The van der Waals surface area contributed by atoms with E-state index in [1.54, 1.807) is 32.0 Å². The zero-order chi connectivity index (χ0) is 19.5. The van der Waals surface area contributed by atoms with Gasteiger partial charge < -0.3 is 29.6 Å². The summed E-state index contributed by atoms with van der Waals surface area (Å²) < 4.78 is 11.1. The van der Waals surface area contributed by atoms with Crippen LogP contribution < -0.4 is 10.2 Å². The maximum Gasteiger partial charge on any atom is 0.204 e. The van der Waals surface area contributed by atoms with E-state index in [9.17, 15) is 25.2 Å². The van der Waals surface area contributed by atoms with E-state index in [-0.39, 0.29) is 28.0 Å². The Morgan fingerprint density at radius 1 is 1.07 bits per heavy atom. The summed E-state index contributed by atoms with van der Waals surface area (Å²) in [5.74, 6) is -0.194. The van der Waals surface area contributed by atoms with Crippen LogP contribution in [0, 0.1) is 0 Å². The van der Waals surface area contributed by atoms with Gasteiger partial charge >= 0.3 is 0 Å². The number of aliphatic hydroxyl groups excluding tert-OH is 2. The number of hydrogen-bond acceptors (Lipinski definition) is 7. The largest absolute Gasteiger partial charge is 0.508 e. The molecule has 2 aromatic carbocycles. The lowest BCUT2D eigenvalue weighted by Crippen LogP contribution is -2.48. The quantitative estimate of drug-likeness (QED) is 0.519. The smallest absolute Gasteiger partial charge is 0.204 e. The van der Waals surface area contributed by atoms with E-state index in [2.05, 4.69) is 0 Å². The van der Waals surface area contributed by atoms with Crippen molar-refractivity contribution in [3.63, 3.8) is 0 Å². The van der Waals surface area contributed by atoms with Crippen LogP contribution in [0.3, 0.4) is 0 Å². The Morgan fingerprint density at radius 3 is 2.56 bits per heavy atom. The number of benzene rings is 2. The Kier molecular flexibility index (Phi) is 3.69. The van der Waals surface area contributed by atoms with Crippen molar-refractivity contribution in [2.45, 2.75) is 31.7 Å². The molecule has 0 saturated heterocycles. The maximum absolute atomic E-state index is 12.8. The number of ether oxygens (including phenoxy) is 1. The van der Waals surface area contributed by atoms with Crippen molar-refractivity contribution in [1.29, 1.82) is 0 Å². The zero-order valence-corrected chi connectivity index (χ0v) is 14.6. The van der Waals surface area contributed by atoms with Crippen LogP contribution in [0.2, 0.25) is 0 Å². The van der Waals surface area contributed by atoms with Crippen molar-refractivity contribution in [2.75, 3.05) is 0 Å². The molecule has 0 aliphatic carbocycles. The number of rotatable bonds is 1. The van der Waals surface area contributed by atoms with Crippen molar-refractivity contribution in [1.82, 2.24) is 0 Å². The second-order valence-corrected chi connectivity index (χ2v) is 7.16. The van der Waals surface area contributed by atoms with E-state index < -0.39 is 23.2 Å². The van der Waals surface area contributed by atoms with Gasteiger partial charge in [0.2, 0.25) is 5.43 Å². The first-order chi connectivity index (χ1) is 12.7. The van der Waals surface area contributed by atoms with Gasteiger partial charge in [-0.05, 0) is 31.5 Å². The number of fused-ring (bicyclic) bond motifs is 2. The highest BCUT2D eigenvalue weighted by Crippen LogP contribution is 2.41. The molecule has 3 aromatic rings. The predicted molar refractivity (Wildman–Crippen MR) is 96.9 cm³/mol. The van der Waals surface area contributed by atoms with Gasteiger partial charge in [0.05, 0.1) is 5.56 Å². The normalized spacial score (nSPS) is 20.9. The Hall–Kier alpha value is -3.03. The Labute approximate surface area is 153 Å². The fraction of sp³-hybridized carbons (Fsp3) is 0.250. The van der Waals surface area contributed by atoms with E-state index in [4.69, 9.17) is 9.15 Å². The molecule has 1 aliphatic heterocycles. The summed E-state index contributed by atoms with van der Waals surface area (Å²) >= 11 is 0. The molecule has 1 aromatic heterocycles. The van der Waals surface area contributed by atoms with Gasteiger partial charge in [0.15, 0.2) is 0 Å². The standard InChI is InChI=1S/C20H18O7/c1-20(2)19(25)18(24)11-5-9(3-4-14(11)27-20)12-8-26-15-7-10(21)6-13(22)16(15)17(12)23/h3-8,18-19,21-22,24-25H,1-2H3. The van der Waals surface area contributed by atoms with Crippen LogP contribution >= 0.6 is 0 Å². The van der Waals surface area contributed by atoms with Crippen molar-refractivity contribution in [3.05, 3.63) is 52.4 Å². The molecule has 140 valence electrons. The second-order valence-electron chi connectivity index (χ2n) is 7.16. The van der Waals surface area contributed by atoms with E-state index in [0.29, 0.717) is 16.9 Å². The summed E-state index contributed by atoms with van der Waals surface area (Å²) in [7, 11) is 0. The van der Waals surface area contributed by atoms with Crippen LogP contribution in [0.5, 0.6) is 17.2 Å². The number of phenolic OH excluding ortho intramolecular Hbond substituents is 2. The lowest BCUT2D eigenvalue weighted by atomic mass is 9.87. The van der Waals surface area contributed by atoms with Gasteiger partial charge in [0, 0.05) is 17.7 Å². The van der Waals surface area contributed by atoms with Crippen molar-refractivity contribution in [3.8, 4) is 28.4 Å². The molecule has 0 fully saturated rings. The molecule has 2 atom stereocenters. The average molecular weight is 370 g/mol. The molecule has 0 bridgehead atoms. The van der Waals surface area contributed by atoms with Gasteiger partial charge in [-0.25, -0.2) is 0 Å².